The van der Waals surface area contributed by atoms with Gasteiger partial charge in [-0.15, -0.1) is 11.3 Å². The van der Waals surface area contributed by atoms with Gasteiger partial charge >= 0.3 is 0 Å². The zero-order valence-corrected chi connectivity index (χ0v) is 17.5. The largest absolute Gasteiger partial charge is 0.324 e. The molecule has 0 aliphatic rings. The lowest BCUT2D eigenvalue weighted by Gasteiger charge is -2.08. The number of thiophene rings is 1. The molecule has 4 rings (SSSR count). The summed E-state index contributed by atoms with van der Waals surface area (Å²) in [6.07, 6.45) is 0. The number of amides is 1. The molecular weight excluding hydrogens is 410 g/mol. The molecule has 0 saturated heterocycles. The van der Waals surface area contributed by atoms with Gasteiger partial charge in [0.1, 0.15) is 12.2 Å². The molecule has 0 aliphatic heterocycles. The van der Waals surface area contributed by atoms with Crippen LogP contribution in [0.25, 0.3) is 10.6 Å². The topological polar surface area (TPSA) is 88.7 Å². The van der Waals surface area contributed by atoms with Gasteiger partial charge in [-0.25, -0.2) is 4.68 Å². The molecule has 0 saturated carbocycles. The lowest BCUT2D eigenvalue weighted by Crippen LogP contribution is -2.29. The number of benzene rings is 2. The lowest BCUT2D eigenvalue weighted by molar-refractivity contribution is -0.117. The van der Waals surface area contributed by atoms with E-state index in [0.717, 1.165) is 15.4 Å². The van der Waals surface area contributed by atoms with Gasteiger partial charge in [-0.2, -0.15) is 15.3 Å². The molecule has 1 amide bonds. The van der Waals surface area contributed by atoms with Gasteiger partial charge in [0.2, 0.25) is 5.91 Å². The first-order chi connectivity index (χ1) is 15.1. The van der Waals surface area contributed by atoms with Gasteiger partial charge in [0.25, 0.3) is 5.56 Å². The number of nitrogens with zero attached hydrogens (tertiary/aromatic N) is 4. The quantitative estimate of drug-likeness (QED) is 0.420. The van der Waals surface area contributed by atoms with Crippen LogP contribution in [0.3, 0.4) is 0 Å². The van der Waals surface area contributed by atoms with Gasteiger partial charge in [0.05, 0.1) is 16.3 Å². The third-order valence-corrected chi connectivity index (χ3v) is 5.36. The molecule has 4 aromatic rings. The molecule has 0 atom stereocenters. The summed E-state index contributed by atoms with van der Waals surface area (Å²) in [5.74, 6) is -0.340. The van der Waals surface area contributed by atoms with Gasteiger partial charge in [-0.1, -0.05) is 18.2 Å². The van der Waals surface area contributed by atoms with E-state index in [9.17, 15) is 9.59 Å². The van der Waals surface area contributed by atoms with E-state index in [2.05, 4.69) is 20.6 Å². The summed E-state index contributed by atoms with van der Waals surface area (Å²) < 4.78 is 1.17. The van der Waals surface area contributed by atoms with Crippen molar-refractivity contribution in [2.45, 2.75) is 13.5 Å². The molecule has 0 aliphatic carbocycles. The zero-order valence-electron chi connectivity index (χ0n) is 16.7. The number of nitrogens with one attached hydrogen (secondary N) is 1. The second kappa shape index (κ2) is 9.27. The van der Waals surface area contributed by atoms with Crippen LogP contribution in [0.2, 0.25) is 0 Å². The van der Waals surface area contributed by atoms with Crippen LogP contribution in [-0.2, 0) is 11.3 Å². The number of carbonyl (C=O) groups is 1. The van der Waals surface area contributed by atoms with Crippen molar-refractivity contribution in [1.29, 1.82) is 0 Å². The Morgan fingerprint density at radius 1 is 0.935 bits per heavy atom. The molecule has 154 valence electrons. The third kappa shape index (κ3) is 5.37. The summed E-state index contributed by atoms with van der Waals surface area (Å²) in [5, 5.41) is 15.4. The van der Waals surface area contributed by atoms with E-state index < -0.39 is 0 Å². The Labute approximate surface area is 182 Å². The Morgan fingerprint density at radius 2 is 1.65 bits per heavy atom. The van der Waals surface area contributed by atoms with Crippen LogP contribution in [0.5, 0.6) is 0 Å². The van der Waals surface area contributed by atoms with Gasteiger partial charge < -0.3 is 5.32 Å². The lowest BCUT2D eigenvalue weighted by atomic mass is 10.3. The van der Waals surface area contributed by atoms with Crippen LogP contribution in [0, 0.1) is 6.92 Å². The predicted octanol–water partition coefficient (Wildman–Crippen LogP) is 5.33. The van der Waals surface area contributed by atoms with Gasteiger partial charge in [-0.05, 0) is 61.5 Å². The maximum absolute atomic E-state index is 12.4. The van der Waals surface area contributed by atoms with E-state index >= 15 is 0 Å². The van der Waals surface area contributed by atoms with Crippen LogP contribution in [0.1, 0.15) is 4.88 Å². The average molecular weight is 430 g/mol. The van der Waals surface area contributed by atoms with Crippen molar-refractivity contribution in [3.8, 4) is 10.6 Å². The molecule has 7 nitrogen and oxygen atoms in total. The van der Waals surface area contributed by atoms with Gasteiger partial charge in [0.15, 0.2) is 0 Å². The minimum atomic E-state index is -0.340. The van der Waals surface area contributed by atoms with Crippen molar-refractivity contribution >= 4 is 34.3 Å². The van der Waals surface area contributed by atoms with Crippen LogP contribution < -0.4 is 10.9 Å². The number of hydrogen-bond donors (Lipinski definition) is 1. The summed E-state index contributed by atoms with van der Waals surface area (Å²) in [6.45, 7) is 1.83. The first kappa shape index (κ1) is 20.4. The fourth-order valence-electron chi connectivity index (χ4n) is 2.82. The summed E-state index contributed by atoms with van der Waals surface area (Å²) in [6, 6.07) is 23.5. The molecule has 31 heavy (non-hydrogen) atoms. The van der Waals surface area contributed by atoms with E-state index in [1.807, 2.05) is 49.4 Å². The van der Waals surface area contributed by atoms with E-state index in [1.165, 1.54) is 10.7 Å². The maximum atomic E-state index is 12.4. The molecular formula is C23H19N5O2S. The van der Waals surface area contributed by atoms with Crippen molar-refractivity contribution < 1.29 is 4.79 Å². The van der Waals surface area contributed by atoms with Crippen molar-refractivity contribution in [3.05, 3.63) is 94.1 Å². The molecule has 0 bridgehead atoms. The van der Waals surface area contributed by atoms with Gasteiger partial charge in [0, 0.05) is 16.6 Å². The Balaban J connectivity index is 1.41. The Bertz CT molecular complexity index is 1280. The highest BCUT2D eigenvalue weighted by Gasteiger charge is 2.09. The SMILES string of the molecule is Cc1ccc(-c2ccc(=O)n(CC(=O)Nc3ccc(N=Nc4ccccc4)cc3)n2)s1. The first-order valence-corrected chi connectivity index (χ1v) is 10.4. The molecule has 2 aromatic carbocycles. The minimum absolute atomic E-state index is 0.174. The highest BCUT2D eigenvalue weighted by Crippen LogP contribution is 2.25. The summed E-state index contributed by atoms with van der Waals surface area (Å²) >= 11 is 1.59. The number of rotatable bonds is 6. The van der Waals surface area contributed by atoms with E-state index in [0.29, 0.717) is 17.1 Å². The van der Waals surface area contributed by atoms with Crippen LogP contribution in [-0.4, -0.2) is 15.7 Å². The molecule has 0 unspecified atom stereocenters. The van der Waals surface area contributed by atoms with E-state index in [1.54, 1.807) is 41.7 Å². The third-order valence-electron chi connectivity index (χ3n) is 4.34. The maximum Gasteiger partial charge on any atom is 0.267 e. The van der Waals surface area contributed by atoms with Crippen molar-refractivity contribution in [1.82, 2.24) is 9.78 Å². The van der Waals surface area contributed by atoms with Crippen LogP contribution >= 0.6 is 11.3 Å². The highest BCUT2D eigenvalue weighted by atomic mass is 32.1. The van der Waals surface area contributed by atoms with E-state index in [-0.39, 0.29) is 18.0 Å². The fourth-order valence-corrected chi connectivity index (χ4v) is 3.66. The second-order valence-electron chi connectivity index (χ2n) is 6.76. The average Bonchev–Trinajstić information content (AvgIpc) is 3.22. The molecule has 8 heteroatoms. The predicted molar refractivity (Wildman–Crippen MR) is 122 cm³/mol. The molecule has 0 radical (unpaired) electrons. The molecule has 2 heterocycles. The number of aryl methyl sites for hydroxylation is 1. The number of carbonyl (C=O) groups excluding carboxylic acids is 1. The summed E-state index contributed by atoms with van der Waals surface area (Å²) in [5.41, 5.74) is 2.36. The van der Waals surface area contributed by atoms with Crippen LogP contribution in [0.4, 0.5) is 17.1 Å². The van der Waals surface area contributed by atoms with Crippen LogP contribution in [0.15, 0.2) is 93.9 Å². The van der Waals surface area contributed by atoms with Crippen molar-refractivity contribution in [3.63, 3.8) is 0 Å². The second-order valence-corrected chi connectivity index (χ2v) is 8.04. The molecule has 1 N–H and O–H groups in total. The Hall–Kier alpha value is -3.91. The smallest absolute Gasteiger partial charge is 0.267 e. The number of anilines is 1. The summed E-state index contributed by atoms with van der Waals surface area (Å²) in [4.78, 5) is 26.7. The van der Waals surface area contributed by atoms with Gasteiger partial charge in [-0.3, -0.25) is 9.59 Å². The number of aromatic nitrogens is 2. The zero-order chi connectivity index (χ0) is 21.6. The summed E-state index contributed by atoms with van der Waals surface area (Å²) in [7, 11) is 0. The fraction of sp³-hybridized carbons (Fsp3) is 0.0870. The minimum Gasteiger partial charge on any atom is -0.324 e. The first-order valence-electron chi connectivity index (χ1n) is 9.58. The molecule has 0 spiro atoms. The standard InChI is InChI=1S/C23H19N5O2S/c1-16-7-13-21(31-16)20-12-14-23(30)28(27-20)15-22(29)24-17-8-10-19(11-9-17)26-25-18-5-3-2-4-6-18/h2-14H,15H2,1H3,(H,24,29). The Morgan fingerprint density at radius 3 is 2.32 bits per heavy atom. The Kier molecular flexibility index (Phi) is 6.09. The van der Waals surface area contributed by atoms with E-state index in [4.69, 9.17) is 0 Å². The van der Waals surface area contributed by atoms with Crippen molar-refractivity contribution in [2.24, 2.45) is 10.2 Å². The number of azo groups is 1. The van der Waals surface area contributed by atoms with Crippen molar-refractivity contribution in [2.75, 3.05) is 5.32 Å². The highest BCUT2D eigenvalue weighted by molar-refractivity contribution is 7.15. The number of hydrogen-bond acceptors (Lipinski definition) is 6. The molecule has 2 aromatic heterocycles. The monoisotopic (exact) mass is 429 g/mol. The normalized spacial score (nSPS) is 11.0. The molecule has 0 fully saturated rings.